The van der Waals surface area contributed by atoms with Gasteiger partial charge >= 0.3 is 0 Å². The number of aliphatic hydroxyl groups excluding tert-OH is 1. The molecule has 22 heteroatoms. The summed E-state index contributed by atoms with van der Waals surface area (Å²) in [6.07, 6.45) is 7.58. The van der Waals surface area contributed by atoms with Crippen LogP contribution >= 0.6 is 0 Å². The maximum Gasteiger partial charge on any atom is 0.294 e. The zero-order valence-corrected chi connectivity index (χ0v) is 39.4. The van der Waals surface area contributed by atoms with Crippen LogP contribution in [-0.4, -0.2) is 161 Å². The van der Waals surface area contributed by atoms with Gasteiger partial charge in [-0.1, -0.05) is 12.2 Å². The zero-order chi connectivity index (χ0) is 47.4. The molecule has 0 amide bonds. The Morgan fingerprint density at radius 3 is 1.85 bits per heavy atom. The van der Waals surface area contributed by atoms with E-state index in [0.717, 1.165) is 16.5 Å². The minimum Gasteiger partial charge on any atom is -0.464 e. The van der Waals surface area contributed by atoms with Crippen molar-refractivity contribution < 1.29 is 76.9 Å². The molecule has 0 fully saturated rings. The summed E-state index contributed by atoms with van der Waals surface area (Å²) < 4.78 is 140. The standard InChI is InChI=1S/C43H62N2O17S3/c1-3-44(15-6-32-64(50,51)52)36-9-11-38-35(13-18-62-41(38)33-36)7-4-8-42-43(2,14-5-31-63(47,48)49)39-34-37(65(53,54)55)10-12-40(39)45(42)16-19-56-21-23-58-25-27-60-29-30-61-28-26-59-24-22-57-20-17-46/h4,7-13,18,33-34,46H,3,5-6,14-17,19-32H2,1-2H3,(H2-,47,48,49,50,51,52,53,54,55)/p+1. The lowest BCUT2D eigenvalue weighted by atomic mass is 9.77. The molecule has 1 unspecified atom stereocenters. The van der Waals surface area contributed by atoms with Gasteiger partial charge in [-0.25, -0.2) is 4.58 Å². The quantitative estimate of drug-likeness (QED) is 0.0398. The number of benzene rings is 2. The van der Waals surface area contributed by atoms with E-state index in [-0.39, 0.29) is 56.3 Å². The first-order valence-electron chi connectivity index (χ1n) is 21.3. The van der Waals surface area contributed by atoms with Gasteiger partial charge in [-0.3, -0.25) is 13.7 Å². The van der Waals surface area contributed by atoms with Crippen LogP contribution in [0.5, 0.6) is 0 Å². The lowest BCUT2D eigenvalue weighted by Gasteiger charge is -2.30. The largest absolute Gasteiger partial charge is 0.464 e. The molecule has 364 valence electrons. The van der Waals surface area contributed by atoms with Crippen LogP contribution in [0, 0.1) is 0 Å². The van der Waals surface area contributed by atoms with Gasteiger partial charge in [-0.15, -0.1) is 0 Å². The first-order valence-corrected chi connectivity index (χ1v) is 26.0. The fraction of sp³-hybridized carbons (Fsp3) is 0.558. The average molecular weight is 976 g/mol. The summed E-state index contributed by atoms with van der Waals surface area (Å²) in [5.74, 6) is -0.294. The van der Waals surface area contributed by atoms with E-state index in [4.69, 9.17) is 42.5 Å². The van der Waals surface area contributed by atoms with Crippen molar-refractivity contribution in [2.75, 3.05) is 122 Å². The molecule has 1 aliphatic carbocycles. The maximum atomic E-state index is 12.3. The van der Waals surface area contributed by atoms with Crippen molar-refractivity contribution >= 4 is 42.1 Å². The number of hydrogen-bond donors (Lipinski definition) is 4. The third-order valence-corrected chi connectivity index (χ3v) is 12.9. The molecule has 4 N–H and O–H groups in total. The number of hydrogen-bond acceptors (Lipinski definition) is 15. The van der Waals surface area contributed by atoms with Crippen molar-refractivity contribution in [2.45, 2.75) is 43.4 Å². The highest BCUT2D eigenvalue weighted by molar-refractivity contribution is 7.86. The first-order chi connectivity index (χ1) is 31.0. The van der Waals surface area contributed by atoms with E-state index in [0.29, 0.717) is 102 Å². The second kappa shape index (κ2) is 26.6. The highest BCUT2D eigenvalue weighted by Crippen LogP contribution is 2.51. The number of fused-ring (bicyclic) bond motifs is 2. The highest BCUT2D eigenvalue weighted by atomic mass is 32.2. The van der Waals surface area contributed by atoms with Crippen LogP contribution in [0.4, 0.5) is 5.69 Å². The minimum atomic E-state index is -4.60. The molecular weight excluding hydrogens is 913 g/mol. The molecule has 0 radical (unpaired) electrons. The molecule has 0 aromatic heterocycles. The molecule has 1 aromatic rings. The Labute approximate surface area is 381 Å². The van der Waals surface area contributed by atoms with Gasteiger partial charge in [0.05, 0.1) is 115 Å². The van der Waals surface area contributed by atoms with E-state index in [1.54, 1.807) is 18.4 Å². The van der Waals surface area contributed by atoms with Crippen molar-refractivity contribution in [3.8, 4) is 11.3 Å². The van der Waals surface area contributed by atoms with Crippen LogP contribution in [0.3, 0.4) is 0 Å². The van der Waals surface area contributed by atoms with E-state index in [9.17, 15) is 34.4 Å². The SMILES string of the molecule is CC[N+](CCCS(=O)(=O)O)=c1ccc2c(/C=C/C=C3/N(CCOCCOCCOCCOCCOCCOCCO)c4ccc(S(=O)(=O)O)cc4C3(C)CCCS(=O)(=O)O)ccoc-2c1. The monoisotopic (exact) mass is 975 g/mol. The number of nitrogens with zero attached hydrogens (tertiary/aromatic N) is 2. The Hall–Kier alpha value is -3.62. The molecule has 3 aliphatic rings. The summed E-state index contributed by atoms with van der Waals surface area (Å²) in [4.78, 5) is 1.64. The van der Waals surface area contributed by atoms with Crippen molar-refractivity contribution in [2.24, 2.45) is 0 Å². The van der Waals surface area contributed by atoms with Gasteiger partial charge in [0.1, 0.15) is 18.8 Å². The van der Waals surface area contributed by atoms with Crippen LogP contribution in [0.1, 0.15) is 44.2 Å². The summed E-state index contributed by atoms with van der Waals surface area (Å²) in [6, 6.07) is 11.7. The third-order valence-electron chi connectivity index (χ3n) is 10.5. The third kappa shape index (κ3) is 18.2. The Morgan fingerprint density at radius 1 is 0.723 bits per heavy atom. The molecule has 1 aromatic carbocycles. The van der Waals surface area contributed by atoms with Gasteiger partial charge in [-0.2, -0.15) is 25.3 Å². The first kappa shape index (κ1) is 54.0. The molecular formula is C43H63N2O17S3+. The molecule has 2 aliphatic heterocycles. The fourth-order valence-corrected chi connectivity index (χ4v) is 8.85. The molecule has 0 spiro atoms. The molecule has 4 rings (SSSR count). The van der Waals surface area contributed by atoms with Gasteiger partial charge < -0.3 is 42.8 Å². The van der Waals surface area contributed by atoms with Crippen molar-refractivity contribution in [3.63, 3.8) is 0 Å². The second-order valence-corrected chi connectivity index (χ2v) is 19.7. The molecule has 2 heterocycles. The Bertz CT molecular complexity index is 2380. The van der Waals surface area contributed by atoms with E-state index >= 15 is 0 Å². The highest BCUT2D eigenvalue weighted by Gasteiger charge is 2.43. The molecule has 65 heavy (non-hydrogen) atoms. The van der Waals surface area contributed by atoms with Crippen molar-refractivity contribution in [3.05, 3.63) is 83.1 Å². The van der Waals surface area contributed by atoms with Crippen LogP contribution in [0.2, 0.25) is 0 Å². The topological polar surface area (TPSA) is 258 Å². The van der Waals surface area contributed by atoms with E-state index in [2.05, 4.69) is 0 Å². The van der Waals surface area contributed by atoms with E-state index < -0.39 is 41.5 Å². The summed E-state index contributed by atoms with van der Waals surface area (Å²) >= 11 is 0. The smallest absolute Gasteiger partial charge is 0.294 e. The normalized spacial score (nSPS) is 16.9. The molecule has 0 saturated heterocycles. The lowest BCUT2D eigenvalue weighted by Crippen LogP contribution is -2.31. The lowest BCUT2D eigenvalue weighted by molar-refractivity contribution is -0.0179. The number of aliphatic hydroxyl groups is 1. The van der Waals surface area contributed by atoms with Crippen LogP contribution in [0.25, 0.3) is 17.4 Å². The minimum absolute atomic E-state index is 0.0227. The number of ether oxygens (including phenoxy) is 6. The Morgan fingerprint density at radius 2 is 1.29 bits per heavy atom. The summed E-state index contributed by atoms with van der Waals surface area (Å²) in [7, 11) is -13.0. The summed E-state index contributed by atoms with van der Waals surface area (Å²) in [5, 5.41) is 9.49. The van der Waals surface area contributed by atoms with Gasteiger partial charge in [0.2, 0.25) is 5.36 Å². The number of allylic oxidation sites excluding steroid dienone is 3. The maximum absolute atomic E-state index is 12.3. The molecule has 1 atom stereocenters. The molecule has 0 saturated carbocycles. The van der Waals surface area contributed by atoms with Crippen molar-refractivity contribution in [1.29, 1.82) is 0 Å². The van der Waals surface area contributed by atoms with Gasteiger partial charge in [0, 0.05) is 41.4 Å². The number of rotatable bonds is 32. The average Bonchev–Trinajstić information content (AvgIpc) is 3.47. The van der Waals surface area contributed by atoms with Crippen LogP contribution in [-0.2, 0) is 64.2 Å². The van der Waals surface area contributed by atoms with Crippen molar-refractivity contribution in [1.82, 2.24) is 4.58 Å². The van der Waals surface area contributed by atoms with Gasteiger partial charge in [-0.05, 0) is 74.2 Å². The molecule has 19 nitrogen and oxygen atoms in total. The second-order valence-electron chi connectivity index (χ2n) is 15.1. The van der Waals surface area contributed by atoms with Crippen LogP contribution < -0.4 is 14.8 Å². The number of anilines is 1. The summed E-state index contributed by atoms with van der Waals surface area (Å²) in [6.45, 7) is 9.36. The Kier molecular flexibility index (Phi) is 22.1. The van der Waals surface area contributed by atoms with Gasteiger partial charge in [0.25, 0.3) is 30.4 Å². The fourth-order valence-electron chi connectivity index (χ4n) is 7.34. The summed E-state index contributed by atoms with van der Waals surface area (Å²) in [5.41, 5.74) is 2.47. The van der Waals surface area contributed by atoms with E-state index in [1.165, 1.54) is 12.1 Å². The van der Waals surface area contributed by atoms with Crippen LogP contribution in [0.15, 0.2) is 75.9 Å². The van der Waals surface area contributed by atoms with E-state index in [1.807, 2.05) is 59.8 Å². The van der Waals surface area contributed by atoms with Gasteiger partial charge in [0.15, 0.2) is 0 Å². The zero-order valence-electron chi connectivity index (χ0n) is 36.9. The predicted octanol–water partition coefficient (Wildman–Crippen LogP) is 3.14. The molecule has 0 bridgehead atoms. The predicted molar refractivity (Wildman–Crippen MR) is 243 cm³/mol. The Balaban J connectivity index is 1.45.